The van der Waals surface area contributed by atoms with Crippen molar-refractivity contribution in [2.75, 3.05) is 4.90 Å². The van der Waals surface area contributed by atoms with Crippen molar-refractivity contribution in [1.29, 1.82) is 0 Å². The van der Waals surface area contributed by atoms with E-state index in [9.17, 15) is 9.59 Å². The highest BCUT2D eigenvalue weighted by Crippen LogP contribution is 2.12. The molecular weight excluding hydrogens is 217 g/mol. The lowest BCUT2D eigenvalue weighted by Gasteiger charge is -2.13. The average molecular weight is 225 g/mol. The minimum absolute atomic E-state index is 0.0931. The van der Waals surface area contributed by atoms with Crippen LogP contribution in [0.15, 0.2) is 24.3 Å². The average Bonchev–Trinajstić information content (AvgIpc) is 2.17. The van der Waals surface area contributed by atoms with Crippen LogP contribution in [0.1, 0.15) is 0 Å². The van der Waals surface area contributed by atoms with E-state index in [0.29, 0.717) is 0 Å². The molecule has 0 aliphatic heterocycles. The summed E-state index contributed by atoms with van der Waals surface area (Å²) in [6.45, 7) is 0. The van der Waals surface area contributed by atoms with Crippen LogP contribution in [0.25, 0.3) is 0 Å². The number of carbonyl (C=O) groups is 2. The van der Waals surface area contributed by atoms with Gasteiger partial charge in [0.2, 0.25) is 0 Å². The number of nitrogens with zero attached hydrogens (tertiary/aromatic N) is 1. The van der Waals surface area contributed by atoms with Crippen LogP contribution in [-0.2, 0) is 0 Å². The Hall–Kier alpha value is -2.06. The molecule has 0 spiro atoms. The molecule has 0 bridgehead atoms. The summed E-state index contributed by atoms with van der Waals surface area (Å²) in [6.07, 6.45) is -3.27. The van der Waals surface area contributed by atoms with Crippen molar-refractivity contribution in [2.45, 2.75) is 0 Å². The lowest BCUT2D eigenvalue weighted by Crippen LogP contribution is -2.35. The van der Waals surface area contributed by atoms with Gasteiger partial charge < -0.3 is 20.3 Å². The Morgan fingerprint density at radius 1 is 1.00 bits per heavy atom. The largest absolute Gasteiger partial charge is 0.488 e. The van der Waals surface area contributed by atoms with E-state index in [-0.39, 0.29) is 16.1 Å². The summed E-state index contributed by atoms with van der Waals surface area (Å²) in [5, 5.41) is 34.8. The summed E-state index contributed by atoms with van der Waals surface area (Å²) < 4.78 is 0. The molecule has 0 heterocycles. The number of hydrogen-bond donors (Lipinski definition) is 4. The topological polar surface area (TPSA) is 118 Å². The van der Waals surface area contributed by atoms with E-state index < -0.39 is 19.3 Å². The highest BCUT2D eigenvalue weighted by atomic mass is 16.4. The van der Waals surface area contributed by atoms with Crippen LogP contribution in [-0.4, -0.2) is 39.6 Å². The van der Waals surface area contributed by atoms with Crippen LogP contribution in [0.4, 0.5) is 15.3 Å². The van der Waals surface area contributed by atoms with Crippen LogP contribution in [0.5, 0.6) is 0 Å². The molecule has 0 atom stereocenters. The van der Waals surface area contributed by atoms with Crippen LogP contribution in [0.2, 0.25) is 0 Å². The van der Waals surface area contributed by atoms with Gasteiger partial charge >= 0.3 is 19.3 Å². The second-order valence-electron chi connectivity index (χ2n) is 2.87. The fourth-order valence-corrected chi connectivity index (χ4v) is 1.10. The zero-order valence-electron chi connectivity index (χ0n) is 7.94. The van der Waals surface area contributed by atoms with Crippen molar-refractivity contribution >= 4 is 30.5 Å². The molecule has 7 nitrogen and oxygen atoms in total. The first-order valence-electron chi connectivity index (χ1n) is 4.15. The molecule has 4 N–H and O–H groups in total. The van der Waals surface area contributed by atoms with Gasteiger partial charge in [-0.2, -0.15) is 4.90 Å². The summed E-state index contributed by atoms with van der Waals surface area (Å²) in [7, 11) is -1.68. The van der Waals surface area contributed by atoms with Gasteiger partial charge in [-0.1, -0.05) is 12.1 Å². The number of hydrogen-bond acceptors (Lipinski definition) is 4. The smallest absolute Gasteiger partial charge is 0.464 e. The Labute approximate surface area is 90.3 Å². The van der Waals surface area contributed by atoms with Gasteiger partial charge in [0.05, 0.1) is 5.69 Å². The molecule has 84 valence electrons. The van der Waals surface area contributed by atoms with Crippen LogP contribution in [0, 0.1) is 0 Å². The minimum atomic E-state index is -1.68. The van der Waals surface area contributed by atoms with Gasteiger partial charge in [-0.15, -0.1) is 0 Å². The SMILES string of the molecule is O=C(O)N(C(=O)O)c1ccc(B(O)O)cc1. The maximum absolute atomic E-state index is 10.6. The molecule has 0 aromatic heterocycles. The molecule has 0 saturated carbocycles. The van der Waals surface area contributed by atoms with E-state index >= 15 is 0 Å². The number of anilines is 1. The van der Waals surface area contributed by atoms with E-state index in [1.54, 1.807) is 0 Å². The number of benzene rings is 1. The maximum Gasteiger partial charge on any atom is 0.488 e. The first-order valence-corrected chi connectivity index (χ1v) is 4.15. The molecule has 0 unspecified atom stereocenters. The first-order chi connectivity index (χ1) is 7.43. The number of rotatable bonds is 2. The first kappa shape index (κ1) is 12.0. The van der Waals surface area contributed by atoms with Gasteiger partial charge in [-0.3, -0.25) is 0 Å². The Bertz CT molecular complexity index is 389. The van der Waals surface area contributed by atoms with Crippen LogP contribution < -0.4 is 10.4 Å². The van der Waals surface area contributed by atoms with Gasteiger partial charge in [0, 0.05) is 0 Å². The van der Waals surface area contributed by atoms with Crippen molar-refractivity contribution in [3.63, 3.8) is 0 Å². The van der Waals surface area contributed by atoms with Crippen molar-refractivity contribution in [3.8, 4) is 0 Å². The Morgan fingerprint density at radius 2 is 1.44 bits per heavy atom. The molecule has 0 saturated heterocycles. The predicted octanol–water partition coefficient (Wildman–Crippen LogP) is -0.471. The standard InChI is InChI=1S/C8H8BNO6/c11-7(12)10(8(13)14)6-3-1-5(2-4-6)9(15)16/h1-4,15-16H,(H,11,12)(H,13,14). The molecule has 16 heavy (non-hydrogen) atoms. The van der Waals surface area contributed by atoms with Crippen LogP contribution >= 0.6 is 0 Å². The van der Waals surface area contributed by atoms with Crippen molar-refractivity contribution < 1.29 is 29.9 Å². The van der Waals surface area contributed by atoms with Crippen molar-refractivity contribution in [3.05, 3.63) is 24.3 Å². The Morgan fingerprint density at radius 3 is 1.75 bits per heavy atom. The molecular formula is C8H8BNO6. The number of carboxylic acid groups (broad SMARTS) is 2. The second kappa shape index (κ2) is 4.64. The van der Waals surface area contributed by atoms with Crippen molar-refractivity contribution in [1.82, 2.24) is 0 Å². The lowest BCUT2D eigenvalue weighted by molar-refractivity contribution is 0.184. The summed E-state index contributed by atoms with van der Waals surface area (Å²) in [4.78, 5) is 21.3. The summed E-state index contributed by atoms with van der Waals surface area (Å²) in [6, 6.07) is 4.77. The minimum Gasteiger partial charge on any atom is -0.464 e. The maximum atomic E-state index is 10.6. The Balaban J connectivity index is 3.04. The molecule has 1 aromatic rings. The predicted molar refractivity (Wildman–Crippen MR) is 54.8 cm³/mol. The van der Waals surface area contributed by atoms with Gasteiger partial charge in [0.15, 0.2) is 0 Å². The van der Waals surface area contributed by atoms with Crippen LogP contribution in [0.3, 0.4) is 0 Å². The molecule has 0 radical (unpaired) electrons. The monoisotopic (exact) mass is 225 g/mol. The van der Waals surface area contributed by atoms with Gasteiger partial charge in [-0.25, -0.2) is 9.59 Å². The third-order valence-corrected chi connectivity index (χ3v) is 1.83. The molecule has 0 aliphatic rings. The van der Waals surface area contributed by atoms with E-state index in [2.05, 4.69) is 0 Å². The second-order valence-corrected chi connectivity index (χ2v) is 2.87. The van der Waals surface area contributed by atoms with Gasteiger partial charge in [-0.05, 0) is 17.6 Å². The number of imide groups is 1. The molecule has 1 rings (SSSR count). The third-order valence-electron chi connectivity index (χ3n) is 1.83. The molecule has 8 heteroatoms. The quantitative estimate of drug-likeness (QED) is 0.505. The molecule has 1 aromatic carbocycles. The van der Waals surface area contributed by atoms with Crippen molar-refractivity contribution in [2.24, 2.45) is 0 Å². The summed E-state index contributed by atoms with van der Waals surface area (Å²) in [5.41, 5.74) is 0.0453. The fourth-order valence-electron chi connectivity index (χ4n) is 1.10. The third kappa shape index (κ3) is 2.50. The van der Waals surface area contributed by atoms with E-state index in [4.69, 9.17) is 20.3 Å². The van der Waals surface area contributed by atoms with Gasteiger partial charge in [0.25, 0.3) is 0 Å². The number of amides is 2. The normalized spacial score (nSPS) is 9.62. The zero-order valence-corrected chi connectivity index (χ0v) is 7.94. The van der Waals surface area contributed by atoms with E-state index in [1.807, 2.05) is 0 Å². The highest BCUT2D eigenvalue weighted by Gasteiger charge is 2.22. The fraction of sp³-hybridized carbons (Fsp3) is 0. The molecule has 0 aliphatic carbocycles. The lowest BCUT2D eigenvalue weighted by atomic mass is 9.80. The zero-order chi connectivity index (χ0) is 12.3. The molecule has 2 amide bonds. The Kier molecular flexibility index (Phi) is 3.49. The summed E-state index contributed by atoms with van der Waals surface area (Å²) in [5.74, 6) is 0. The summed E-state index contributed by atoms with van der Waals surface area (Å²) >= 11 is 0. The van der Waals surface area contributed by atoms with E-state index in [1.165, 1.54) is 12.1 Å². The highest BCUT2D eigenvalue weighted by molar-refractivity contribution is 6.58. The molecule has 0 fully saturated rings. The van der Waals surface area contributed by atoms with E-state index in [0.717, 1.165) is 12.1 Å². The van der Waals surface area contributed by atoms with Gasteiger partial charge in [0.1, 0.15) is 0 Å².